The summed E-state index contributed by atoms with van der Waals surface area (Å²) in [4.78, 5) is 19.1. The fourth-order valence-corrected chi connectivity index (χ4v) is 16.5. The molecule has 11 rings (SSSR count). The van der Waals surface area contributed by atoms with Crippen LogP contribution in [-0.2, 0) is 0 Å². The maximum atomic E-state index is 5.57. The molecule has 0 spiro atoms. The molecule has 7 heterocycles. The third-order valence-corrected chi connectivity index (χ3v) is 18.9. The number of nitrogens with zero attached hydrogens (tertiary/aromatic N) is 2. The predicted octanol–water partition coefficient (Wildman–Crippen LogP) is 16.6. The molecule has 5 aromatic heterocycles. The molecule has 12 bridgehead atoms. The number of hydrogen-bond donors (Lipinski definition) is 2. The quantitative estimate of drug-likeness (QED) is 0.173. The molecule has 2 aliphatic heterocycles. The van der Waals surface area contributed by atoms with Gasteiger partial charge in [0.1, 0.15) is 0 Å². The molecule has 0 saturated heterocycles. The summed E-state index contributed by atoms with van der Waals surface area (Å²) in [5, 5.41) is 0. The van der Waals surface area contributed by atoms with Crippen LogP contribution in [0.1, 0.15) is 89.5 Å². The van der Waals surface area contributed by atoms with E-state index in [1.165, 1.54) is 128 Å². The Kier molecular flexibility index (Phi) is 11.6. The van der Waals surface area contributed by atoms with E-state index in [0.29, 0.717) is 0 Å². The molecule has 0 saturated carbocycles. The Hall–Kier alpha value is -6.52. The molecule has 2 aliphatic rings. The Bertz CT molecular complexity index is 3670. The van der Waals surface area contributed by atoms with Crippen LogP contribution in [0.15, 0.2) is 97.1 Å². The van der Waals surface area contributed by atoms with Crippen molar-refractivity contribution in [3.8, 4) is 44.5 Å². The predicted molar refractivity (Wildman–Crippen MR) is 304 cm³/mol. The zero-order valence-electron chi connectivity index (χ0n) is 42.3. The van der Waals surface area contributed by atoms with Crippen molar-refractivity contribution < 1.29 is 0 Å². The van der Waals surface area contributed by atoms with Gasteiger partial charge in [0.05, 0.1) is 0 Å². The van der Waals surface area contributed by atoms with Gasteiger partial charge in [0.15, 0.2) is 0 Å². The van der Waals surface area contributed by atoms with Crippen LogP contribution in [0.4, 0.5) is 0 Å². The van der Waals surface area contributed by atoms with E-state index in [1.807, 2.05) is 0 Å². The van der Waals surface area contributed by atoms with Crippen molar-refractivity contribution in [1.29, 1.82) is 0 Å². The minimum atomic E-state index is -0.0470. The van der Waals surface area contributed by atoms with E-state index in [-0.39, 0.29) is 29.0 Å². The molecule has 0 atom stereocenters. The van der Waals surface area contributed by atoms with Crippen molar-refractivity contribution in [2.75, 3.05) is 0 Å². The Morgan fingerprint density at radius 3 is 0.814 bits per heavy atom. The second-order valence-electron chi connectivity index (χ2n) is 19.9. The van der Waals surface area contributed by atoms with Crippen LogP contribution >= 0.6 is 0 Å². The molecule has 4 aromatic carbocycles. The molecule has 2 N–H and O–H groups in total. The molecular weight excluding hydrogens is 983 g/mol. The van der Waals surface area contributed by atoms with Gasteiger partial charge in [-0.1, -0.05) is 0 Å². The van der Waals surface area contributed by atoms with Crippen molar-refractivity contribution in [3.05, 3.63) is 187 Å². The number of aromatic amines is 2. The number of hydrogen-bond acceptors (Lipinski definition) is 2. The van der Waals surface area contributed by atoms with Crippen molar-refractivity contribution in [1.82, 2.24) is 19.9 Å². The number of rotatable bonds is 4. The summed E-state index contributed by atoms with van der Waals surface area (Å²) >= 11 is -0.0940. The molecule has 346 valence electrons. The average Bonchev–Trinajstić information content (AvgIpc) is 4.15. The van der Waals surface area contributed by atoms with Crippen molar-refractivity contribution >= 4 is 92.4 Å². The van der Waals surface area contributed by atoms with Gasteiger partial charge in [-0.3, -0.25) is 0 Å². The van der Waals surface area contributed by atoms with E-state index < -0.39 is 0 Å². The number of H-pyrrole nitrogens is 2. The van der Waals surface area contributed by atoms with E-state index in [0.717, 1.165) is 44.8 Å². The Labute approximate surface area is 423 Å². The van der Waals surface area contributed by atoms with Crippen LogP contribution in [0, 0.1) is 83.1 Å². The first-order valence-corrected chi connectivity index (χ1v) is 27.7. The first-order valence-electron chi connectivity index (χ1n) is 24.3. The third kappa shape index (κ3) is 8.02. The van der Waals surface area contributed by atoms with Crippen molar-refractivity contribution in [2.45, 2.75) is 83.1 Å². The number of fused-ring (bicyclic) bond motifs is 14. The van der Waals surface area contributed by atoms with Gasteiger partial charge in [0, 0.05) is 0 Å². The molecule has 70 heavy (non-hydrogen) atoms. The van der Waals surface area contributed by atoms with Gasteiger partial charge >= 0.3 is 427 Å². The van der Waals surface area contributed by atoms with Gasteiger partial charge in [-0.15, -0.1) is 0 Å². The third-order valence-electron chi connectivity index (χ3n) is 14.2. The van der Waals surface area contributed by atoms with Gasteiger partial charge in [0.25, 0.3) is 0 Å². The van der Waals surface area contributed by atoms with E-state index in [4.69, 9.17) is 9.97 Å². The fraction of sp³-hybridized carbons (Fsp3) is 0.188. The van der Waals surface area contributed by atoms with E-state index in [9.17, 15) is 0 Å². The number of aryl methyl sites for hydroxylation is 12. The fourth-order valence-electron chi connectivity index (χ4n) is 11.7. The van der Waals surface area contributed by atoms with Crippen LogP contribution < -0.4 is 0 Å². The molecule has 6 heteroatoms. The van der Waals surface area contributed by atoms with Crippen LogP contribution in [-0.4, -0.2) is 48.9 Å². The normalized spacial score (nSPS) is 12.2. The first kappa shape index (κ1) is 45.9. The average molecular weight is 1040 g/mol. The first-order chi connectivity index (χ1) is 33.6. The van der Waals surface area contributed by atoms with Gasteiger partial charge in [-0.2, -0.15) is 0 Å². The molecular formula is C64H58N4Se2. The Balaban J connectivity index is 1.33. The minimum absolute atomic E-state index is 0.0470. The van der Waals surface area contributed by atoms with Crippen LogP contribution in [0.2, 0.25) is 0 Å². The van der Waals surface area contributed by atoms with Crippen molar-refractivity contribution in [2.24, 2.45) is 0 Å². The molecule has 4 nitrogen and oxygen atoms in total. The summed E-state index contributed by atoms with van der Waals surface area (Å²) in [6.45, 7) is 26.9. The number of benzene rings is 4. The summed E-state index contributed by atoms with van der Waals surface area (Å²) in [7, 11) is 0. The van der Waals surface area contributed by atoms with Crippen LogP contribution in [0.3, 0.4) is 0 Å². The van der Waals surface area contributed by atoms with E-state index >= 15 is 0 Å². The van der Waals surface area contributed by atoms with Crippen molar-refractivity contribution in [3.63, 3.8) is 0 Å². The van der Waals surface area contributed by atoms with Gasteiger partial charge < -0.3 is 0 Å². The van der Waals surface area contributed by atoms with Gasteiger partial charge in [-0.05, 0) is 0 Å². The standard InChI is InChI=1S/C64H58N4Se2/c1-33-25-37(5)57(38(6)26-33)61-49-17-13-45(65-49)46-14-18-51(66-46)63(59-41(9)29-35(3)30-42(59)10)55-23-24-56(70-55)64(60-43(11)31-36(4)32-44(60)12)52-20-16-48(68-52)47-15-19-50(67-47)62(54-22-21-53(61)69-54)58-39(7)27-34(2)28-40(58)8/h13-32,65,68H,1-12H3. The summed E-state index contributed by atoms with van der Waals surface area (Å²) < 4.78 is 5.34. The zero-order chi connectivity index (χ0) is 48.9. The molecule has 0 aliphatic carbocycles. The SMILES string of the molecule is Cc1cc(C)c(-c2c3nc(c4ccc([nH]4)c(-c4c(C)cc(C)cc4C)c4ccc([se]4)c(-c4c(C)cc(C)cc4C)c4nc(c5ccc([nH]5)c(-c5c(C)cc(C)cc5C)c5ccc2[se]5)C=C4)C=C3)c(C)c1. The van der Waals surface area contributed by atoms with E-state index in [1.54, 1.807) is 0 Å². The number of aromatic nitrogens is 4. The van der Waals surface area contributed by atoms with E-state index in [2.05, 4.69) is 214 Å². The number of nitrogens with one attached hydrogen (secondary N) is 2. The summed E-state index contributed by atoms with van der Waals surface area (Å²) in [5.41, 5.74) is 33.5. The molecule has 9 aromatic rings. The molecule has 0 fully saturated rings. The molecule has 0 radical (unpaired) electrons. The Morgan fingerprint density at radius 2 is 0.514 bits per heavy atom. The second-order valence-corrected chi connectivity index (χ2v) is 24.5. The van der Waals surface area contributed by atoms with Gasteiger partial charge in [0.2, 0.25) is 0 Å². The summed E-state index contributed by atoms with van der Waals surface area (Å²) in [5.74, 6) is 0. The van der Waals surface area contributed by atoms with Crippen LogP contribution in [0.5, 0.6) is 0 Å². The zero-order valence-corrected chi connectivity index (χ0v) is 45.7. The molecule has 0 amide bonds. The van der Waals surface area contributed by atoms with Gasteiger partial charge in [-0.25, -0.2) is 0 Å². The Morgan fingerprint density at radius 1 is 0.271 bits per heavy atom. The monoisotopic (exact) mass is 1040 g/mol. The summed E-state index contributed by atoms with van der Waals surface area (Å²) in [6, 6.07) is 37.2. The maximum absolute atomic E-state index is 5.57. The summed E-state index contributed by atoms with van der Waals surface area (Å²) in [6.07, 6.45) is 8.91. The topological polar surface area (TPSA) is 57.4 Å². The second kappa shape index (κ2) is 17.7. The molecule has 0 unspecified atom stereocenters. The van der Waals surface area contributed by atoms with Crippen LogP contribution in [0.25, 0.3) is 108 Å².